The van der Waals surface area contributed by atoms with Crippen LogP contribution in [0.4, 0.5) is 0 Å². The van der Waals surface area contributed by atoms with Crippen molar-refractivity contribution in [2.45, 2.75) is 51.6 Å². The van der Waals surface area contributed by atoms with E-state index in [-0.39, 0.29) is 12.0 Å². The van der Waals surface area contributed by atoms with E-state index in [9.17, 15) is 9.90 Å². The van der Waals surface area contributed by atoms with Crippen LogP contribution in [0.25, 0.3) is 0 Å². The topological polar surface area (TPSA) is 58.6 Å². The zero-order chi connectivity index (χ0) is 12.5. The first-order valence-electron chi connectivity index (χ1n) is 6.75. The van der Waals surface area contributed by atoms with Gasteiger partial charge in [-0.25, -0.2) is 0 Å². The van der Waals surface area contributed by atoms with E-state index in [1.54, 1.807) is 0 Å². The Balaban J connectivity index is 2.02. The maximum absolute atomic E-state index is 11.5. The van der Waals surface area contributed by atoms with Gasteiger partial charge in [0.25, 0.3) is 0 Å². The first-order chi connectivity index (χ1) is 8.22. The lowest BCUT2D eigenvalue weighted by Gasteiger charge is -2.25. The number of aliphatic hydroxyl groups excluding tert-OH is 1. The second-order valence-corrected chi connectivity index (χ2v) is 4.85. The van der Waals surface area contributed by atoms with Crippen LogP contribution in [0.1, 0.15) is 45.4 Å². The molecule has 0 radical (unpaired) electrons. The molecule has 1 aliphatic rings. The molecule has 2 unspecified atom stereocenters. The van der Waals surface area contributed by atoms with Crippen molar-refractivity contribution in [1.82, 2.24) is 5.32 Å². The monoisotopic (exact) mass is 243 g/mol. The van der Waals surface area contributed by atoms with Crippen LogP contribution < -0.4 is 5.32 Å². The fourth-order valence-electron chi connectivity index (χ4n) is 2.21. The summed E-state index contributed by atoms with van der Waals surface area (Å²) in [5, 5.41) is 12.4. The van der Waals surface area contributed by atoms with Crippen molar-refractivity contribution in [3.05, 3.63) is 0 Å². The summed E-state index contributed by atoms with van der Waals surface area (Å²) in [4.78, 5) is 11.5. The van der Waals surface area contributed by atoms with E-state index >= 15 is 0 Å². The number of carbonyl (C=O) groups is 1. The third-order valence-electron chi connectivity index (χ3n) is 3.16. The number of ether oxygens (including phenoxy) is 1. The Bertz CT molecular complexity index is 221. The molecule has 2 atom stereocenters. The lowest BCUT2D eigenvalue weighted by Crippen LogP contribution is -2.33. The van der Waals surface area contributed by atoms with E-state index in [1.165, 1.54) is 0 Å². The Morgan fingerprint density at radius 3 is 2.94 bits per heavy atom. The Morgan fingerprint density at radius 1 is 1.41 bits per heavy atom. The van der Waals surface area contributed by atoms with E-state index in [4.69, 9.17) is 4.74 Å². The fraction of sp³-hybridized carbons (Fsp3) is 0.923. The Hall–Kier alpha value is -0.610. The summed E-state index contributed by atoms with van der Waals surface area (Å²) in [7, 11) is 0. The summed E-state index contributed by atoms with van der Waals surface area (Å²) in [6.45, 7) is 3.98. The van der Waals surface area contributed by atoms with E-state index < -0.39 is 0 Å². The molecule has 0 spiro atoms. The summed E-state index contributed by atoms with van der Waals surface area (Å²) >= 11 is 0. The molecule has 0 heterocycles. The Labute approximate surface area is 104 Å². The van der Waals surface area contributed by atoms with Crippen LogP contribution in [0.2, 0.25) is 0 Å². The lowest BCUT2D eigenvalue weighted by molar-refractivity contribution is -0.122. The standard InChI is InChI=1S/C13H25NO3/c1-2-7-17-8-6-13(16)14-10-11-4-3-5-12(15)9-11/h11-12,15H,2-10H2,1H3,(H,14,16). The molecule has 1 aliphatic carbocycles. The average Bonchev–Trinajstić information content (AvgIpc) is 2.32. The molecular weight excluding hydrogens is 218 g/mol. The summed E-state index contributed by atoms with van der Waals surface area (Å²) in [5.74, 6) is 0.500. The Morgan fingerprint density at radius 2 is 2.24 bits per heavy atom. The number of nitrogens with one attached hydrogen (secondary N) is 1. The van der Waals surface area contributed by atoms with Crippen molar-refractivity contribution in [3.8, 4) is 0 Å². The zero-order valence-electron chi connectivity index (χ0n) is 10.8. The van der Waals surface area contributed by atoms with Crippen molar-refractivity contribution >= 4 is 5.91 Å². The van der Waals surface area contributed by atoms with E-state index in [2.05, 4.69) is 12.2 Å². The van der Waals surface area contributed by atoms with Gasteiger partial charge < -0.3 is 15.2 Å². The van der Waals surface area contributed by atoms with Gasteiger partial charge in [0.05, 0.1) is 12.7 Å². The van der Waals surface area contributed by atoms with Crippen molar-refractivity contribution in [2.75, 3.05) is 19.8 Å². The van der Waals surface area contributed by atoms with Gasteiger partial charge in [-0.3, -0.25) is 4.79 Å². The molecule has 100 valence electrons. The number of rotatable bonds is 7. The molecule has 4 nitrogen and oxygen atoms in total. The lowest BCUT2D eigenvalue weighted by atomic mass is 9.87. The first-order valence-corrected chi connectivity index (χ1v) is 6.75. The molecule has 0 aromatic carbocycles. The minimum absolute atomic E-state index is 0.0566. The summed E-state index contributed by atoms with van der Waals surface area (Å²) in [6.07, 6.45) is 5.18. The quantitative estimate of drug-likeness (QED) is 0.666. The third-order valence-corrected chi connectivity index (χ3v) is 3.16. The third kappa shape index (κ3) is 6.64. The van der Waals surface area contributed by atoms with Gasteiger partial charge in [-0.2, -0.15) is 0 Å². The number of aliphatic hydroxyl groups is 1. The largest absolute Gasteiger partial charge is 0.393 e. The van der Waals surface area contributed by atoms with Gasteiger partial charge >= 0.3 is 0 Å². The molecule has 0 saturated heterocycles. The Kier molecular flexibility index (Phi) is 7.21. The molecule has 1 fully saturated rings. The number of carbonyl (C=O) groups excluding carboxylic acids is 1. The second kappa shape index (κ2) is 8.48. The summed E-state index contributed by atoms with van der Waals surface area (Å²) in [5.41, 5.74) is 0. The predicted octanol–water partition coefficient (Wildman–Crippen LogP) is 1.47. The van der Waals surface area contributed by atoms with Crippen LogP contribution in [0, 0.1) is 5.92 Å². The fourth-order valence-corrected chi connectivity index (χ4v) is 2.21. The highest BCUT2D eigenvalue weighted by Gasteiger charge is 2.20. The van der Waals surface area contributed by atoms with Crippen LogP contribution in [-0.2, 0) is 9.53 Å². The van der Waals surface area contributed by atoms with Crippen molar-refractivity contribution in [1.29, 1.82) is 0 Å². The number of hydrogen-bond acceptors (Lipinski definition) is 3. The first kappa shape index (κ1) is 14.5. The maximum Gasteiger partial charge on any atom is 0.222 e. The van der Waals surface area contributed by atoms with Crippen molar-refractivity contribution in [2.24, 2.45) is 5.92 Å². The highest BCUT2D eigenvalue weighted by Crippen LogP contribution is 2.23. The minimum Gasteiger partial charge on any atom is -0.393 e. The molecular formula is C13H25NO3. The maximum atomic E-state index is 11.5. The predicted molar refractivity (Wildman–Crippen MR) is 66.7 cm³/mol. The SMILES string of the molecule is CCCOCCC(=O)NCC1CCCC(O)C1. The summed E-state index contributed by atoms with van der Waals surface area (Å²) < 4.78 is 5.26. The molecule has 1 saturated carbocycles. The highest BCUT2D eigenvalue weighted by atomic mass is 16.5. The average molecular weight is 243 g/mol. The molecule has 0 aromatic rings. The van der Waals surface area contributed by atoms with Gasteiger partial charge in [0.2, 0.25) is 5.91 Å². The zero-order valence-corrected chi connectivity index (χ0v) is 10.8. The molecule has 1 amide bonds. The molecule has 4 heteroatoms. The van der Waals surface area contributed by atoms with Crippen LogP contribution in [0.3, 0.4) is 0 Å². The van der Waals surface area contributed by atoms with Gasteiger partial charge in [-0.1, -0.05) is 13.3 Å². The van der Waals surface area contributed by atoms with Crippen LogP contribution in [-0.4, -0.2) is 36.9 Å². The molecule has 1 rings (SSSR count). The van der Waals surface area contributed by atoms with Crippen molar-refractivity contribution < 1.29 is 14.6 Å². The van der Waals surface area contributed by atoms with E-state index in [0.29, 0.717) is 25.5 Å². The van der Waals surface area contributed by atoms with E-state index in [1.807, 2.05) is 0 Å². The molecule has 0 bridgehead atoms. The number of amides is 1. The van der Waals surface area contributed by atoms with Gasteiger partial charge in [-0.05, 0) is 31.6 Å². The normalized spacial score (nSPS) is 24.6. The smallest absolute Gasteiger partial charge is 0.222 e. The van der Waals surface area contributed by atoms with Crippen molar-refractivity contribution in [3.63, 3.8) is 0 Å². The molecule has 0 aromatic heterocycles. The molecule has 0 aliphatic heterocycles. The minimum atomic E-state index is -0.168. The second-order valence-electron chi connectivity index (χ2n) is 4.85. The van der Waals surface area contributed by atoms with Gasteiger partial charge in [0.15, 0.2) is 0 Å². The highest BCUT2D eigenvalue weighted by molar-refractivity contribution is 5.75. The van der Waals surface area contributed by atoms with Gasteiger partial charge in [0, 0.05) is 19.6 Å². The van der Waals surface area contributed by atoms with Gasteiger partial charge in [0.1, 0.15) is 0 Å². The number of hydrogen-bond donors (Lipinski definition) is 2. The molecule has 17 heavy (non-hydrogen) atoms. The van der Waals surface area contributed by atoms with Crippen LogP contribution >= 0.6 is 0 Å². The van der Waals surface area contributed by atoms with Crippen LogP contribution in [0.5, 0.6) is 0 Å². The van der Waals surface area contributed by atoms with Crippen LogP contribution in [0.15, 0.2) is 0 Å². The summed E-state index contributed by atoms with van der Waals surface area (Å²) in [6, 6.07) is 0. The van der Waals surface area contributed by atoms with Gasteiger partial charge in [-0.15, -0.1) is 0 Å². The molecule has 2 N–H and O–H groups in total. The van der Waals surface area contributed by atoms with E-state index in [0.717, 1.165) is 38.7 Å².